The first-order valence-corrected chi connectivity index (χ1v) is 5.46. The van der Waals surface area contributed by atoms with Crippen LogP contribution in [0.15, 0.2) is 32.4 Å². The van der Waals surface area contributed by atoms with Crippen molar-refractivity contribution < 1.29 is 9.59 Å². The van der Waals surface area contributed by atoms with Gasteiger partial charge in [-0.3, -0.25) is 0 Å². The molecule has 4 heteroatoms. The van der Waals surface area contributed by atoms with Crippen molar-refractivity contribution in [3.8, 4) is 0 Å². The van der Waals surface area contributed by atoms with E-state index in [-0.39, 0.29) is 5.92 Å². The fourth-order valence-corrected chi connectivity index (χ4v) is 2.30. The summed E-state index contributed by atoms with van der Waals surface area (Å²) in [6.45, 7) is 9.53. The molecule has 0 heterocycles. The van der Waals surface area contributed by atoms with Gasteiger partial charge in [-0.1, -0.05) is 6.92 Å². The van der Waals surface area contributed by atoms with Gasteiger partial charge in [-0.05, 0) is 44.4 Å². The van der Waals surface area contributed by atoms with Gasteiger partial charge in [0.1, 0.15) is 0 Å². The molecule has 0 aliphatic heterocycles. The van der Waals surface area contributed by atoms with Crippen molar-refractivity contribution in [2.75, 3.05) is 0 Å². The Morgan fingerprint density at radius 1 is 1.18 bits per heavy atom. The summed E-state index contributed by atoms with van der Waals surface area (Å²) in [7, 11) is 0. The Morgan fingerprint density at radius 2 is 1.76 bits per heavy atom. The van der Waals surface area contributed by atoms with Crippen molar-refractivity contribution in [3.05, 3.63) is 22.4 Å². The quantitative estimate of drug-likeness (QED) is 0.543. The van der Waals surface area contributed by atoms with Crippen LogP contribution >= 0.6 is 0 Å². The number of nitrogens with zero attached hydrogens (tertiary/aromatic N) is 2. The molecule has 0 amide bonds. The van der Waals surface area contributed by atoms with Gasteiger partial charge in [-0.2, -0.15) is 9.98 Å². The molecule has 0 saturated carbocycles. The van der Waals surface area contributed by atoms with Gasteiger partial charge in [0.05, 0.1) is 11.2 Å². The van der Waals surface area contributed by atoms with Gasteiger partial charge in [-0.15, -0.1) is 0 Å². The smallest absolute Gasteiger partial charge is 0.211 e. The molecule has 90 valence electrons. The highest BCUT2D eigenvalue weighted by Gasteiger charge is 2.39. The molecule has 0 fully saturated rings. The maximum atomic E-state index is 10.6. The maximum absolute atomic E-state index is 10.6. The number of isocyanates is 2. The zero-order chi connectivity index (χ0) is 13.2. The molecule has 0 N–H and O–H groups in total. The van der Waals surface area contributed by atoms with Crippen LogP contribution in [0, 0.1) is 5.92 Å². The van der Waals surface area contributed by atoms with Crippen LogP contribution in [0.1, 0.15) is 34.6 Å². The molecule has 0 spiro atoms. The predicted octanol–water partition coefficient (Wildman–Crippen LogP) is 2.68. The lowest BCUT2D eigenvalue weighted by Crippen LogP contribution is -2.37. The molecule has 0 aromatic carbocycles. The van der Waals surface area contributed by atoms with E-state index in [1.165, 1.54) is 0 Å². The van der Waals surface area contributed by atoms with Crippen LogP contribution in [0.2, 0.25) is 0 Å². The molecular weight excluding hydrogens is 216 g/mol. The summed E-state index contributed by atoms with van der Waals surface area (Å²) in [4.78, 5) is 28.7. The lowest BCUT2D eigenvalue weighted by Gasteiger charge is -2.37. The summed E-state index contributed by atoms with van der Waals surface area (Å²) in [6, 6.07) is 0. The molecule has 1 rings (SSSR count). The Kier molecular flexibility index (Phi) is 3.62. The van der Waals surface area contributed by atoms with Gasteiger partial charge in [0.15, 0.2) is 0 Å². The topological polar surface area (TPSA) is 58.9 Å². The third-order valence-electron chi connectivity index (χ3n) is 3.98. The van der Waals surface area contributed by atoms with Crippen LogP contribution in [0.25, 0.3) is 0 Å². The van der Waals surface area contributed by atoms with E-state index in [4.69, 9.17) is 0 Å². The first-order chi connectivity index (χ1) is 7.90. The highest BCUT2D eigenvalue weighted by atomic mass is 16.1. The second-order valence-corrected chi connectivity index (χ2v) is 4.56. The van der Waals surface area contributed by atoms with E-state index in [2.05, 4.69) is 9.98 Å². The van der Waals surface area contributed by atoms with Gasteiger partial charge >= 0.3 is 0 Å². The molecule has 0 aromatic heterocycles. The summed E-state index contributed by atoms with van der Waals surface area (Å²) in [5, 5.41) is 0. The second kappa shape index (κ2) is 4.62. The number of hydrogen-bond donors (Lipinski definition) is 0. The molecule has 0 radical (unpaired) electrons. The van der Waals surface area contributed by atoms with E-state index in [1.807, 2.05) is 34.6 Å². The Hall–Kier alpha value is -1.76. The Bertz CT molecular complexity index is 504. The van der Waals surface area contributed by atoms with Crippen molar-refractivity contribution in [1.82, 2.24) is 0 Å². The minimum Gasteiger partial charge on any atom is -0.211 e. The monoisotopic (exact) mass is 232 g/mol. The summed E-state index contributed by atoms with van der Waals surface area (Å²) in [6.07, 6.45) is 3.21. The van der Waals surface area contributed by atoms with Crippen molar-refractivity contribution in [1.29, 1.82) is 0 Å². The third kappa shape index (κ3) is 1.93. The van der Waals surface area contributed by atoms with Crippen LogP contribution < -0.4 is 0 Å². The normalized spacial score (nSPS) is 28.6. The number of rotatable bonds is 2. The number of carbonyl (C=O) groups excluding carboxylic acids is 2. The van der Waals surface area contributed by atoms with Gasteiger partial charge in [0, 0.05) is 5.92 Å². The average Bonchev–Trinajstić information content (AvgIpc) is 2.31. The van der Waals surface area contributed by atoms with Gasteiger partial charge < -0.3 is 0 Å². The van der Waals surface area contributed by atoms with Gasteiger partial charge in [0.25, 0.3) is 0 Å². The summed E-state index contributed by atoms with van der Waals surface area (Å²) >= 11 is 0. The molecule has 4 nitrogen and oxygen atoms in total. The molecule has 0 bridgehead atoms. The van der Waals surface area contributed by atoms with E-state index in [9.17, 15) is 9.59 Å². The van der Waals surface area contributed by atoms with Crippen molar-refractivity contribution in [2.45, 2.75) is 40.2 Å². The Balaban J connectivity index is 3.54. The van der Waals surface area contributed by atoms with E-state index in [0.29, 0.717) is 5.70 Å². The molecular formula is C13H16N2O2. The lowest BCUT2D eigenvalue weighted by molar-refractivity contribution is 0.401. The molecule has 1 aliphatic rings. The van der Waals surface area contributed by atoms with E-state index < -0.39 is 5.54 Å². The van der Waals surface area contributed by atoms with Crippen LogP contribution in [0.5, 0.6) is 0 Å². The Labute approximate surface area is 101 Å². The lowest BCUT2D eigenvalue weighted by atomic mass is 9.71. The zero-order valence-corrected chi connectivity index (χ0v) is 10.8. The molecule has 0 aromatic rings. The summed E-state index contributed by atoms with van der Waals surface area (Å²) < 4.78 is 0. The number of hydrogen-bond acceptors (Lipinski definition) is 4. The minimum absolute atomic E-state index is 0.000231. The first kappa shape index (κ1) is 13.3. The molecule has 1 aliphatic carbocycles. The molecule has 17 heavy (non-hydrogen) atoms. The van der Waals surface area contributed by atoms with Crippen molar-refractivity contribution >= 4 is 12.2 Å². The highest BCUT2D eigenvalue weighted by molar-refractivity contribution is 5.53. The minimum atomic E-state index is -0.599. The summed E-state index contributed by atoms with van der Waals surface area (Å²) in [5.41, 5.74) is 2.82. The van der Waals surface area contributed by atoms with E-state index in [0.717, 1.165) is 16.7 Å². The fraction of sp³-hybridized carbons (Fsp3) is 0.538. The predicted molar refractivity (Wildman–Crippen MR) is 64.9 cm³/mol. The highest BCUT2D eigenvalue weighted by Crippen LogP contribution is 2.43. The maximum Gasteiger partial charge on any atom is 0.240 e. The Morgan fingerprint density at radius 3 is 2.24 bits per heavy atom. The van der Waals surface area contributed by atoms with Crippen LogP contribution in [-0.2, 0) is 9.59 Å². The largest absolute Gasteiger partial charge is 0.240 e. The zero-order valence-electron chi connectivity index (χ0n) is 10.8. The second-order valence-electron chi connectivity index (χ2n) is 4.56. The van der Waals surface area contributed by atoms with Gasteiger partial charge in [-0.25, -0.2) is 9.59 Å². The van der Waals surface area contributed by atoms with E-state index in [1.54, 1.807) is 12.2 Å². The fourth-order valence-electron chi connectivity index (χ4n) is 2.30. The molecule has 2 atom stereocenters. The standard InChI is InChI=1S/C13H16N2O2/c1-8-10(3)13(5,15-7-17)11(4)9(2)12(8)14-6-16/h10H,1-5H3. The first-order valence-electron chi connectivity index (χ1n) is 5.46. The SMILES string of the molecule is CC1=C(C)C(C)(N=C=O)C(C)C(C)=C1N=C=O. The van der Waals surface area contributed by atoms with E-state index >= 15 is 0 Å². The van der Waals surface area contributed by atoms with Gasteiger partial charge in [0.2, 0.25) is 12.2 Å². The number of aliphatic imine (C=N–C) groups is 2. The molecule has 2 unspecified atom stereocenters. The molecule has 0 saturated heterocycles. The summed E-state index contributed by atoms with van der Waals surface area (Å²) in [5.74, 6) is -0.000231. The van der Waals surface area contributed by atoms with Crippen LogP contribution in [-0.4, -0.2) is 17.7 Å². The van der Waals surface area contributed by atoms with Crippen molar-refractivity contribution in [2.24, 2.45) is 15.9 Å². The van der Waals surface area contributed by atoms with Crippen molar-refractivity contribution in [3.63, 3.8) is 0 Å². The number of allylic oxidation sites excluding steroid dienone is 1. The average molecular weight is 232 g/mol. The van der Waals surface area contributed by atoms with Crippen LogP contribution in [0.4, 0.5) is 0 Å². The third-order valence-corrected chi connectivity index (χ3v) is 3.98. The van der Waals surface area contributed by atoms with Crippen LogP contribution in [0.3, 0.4) is 0 Å².